The summed E-state index contributed by atoms with van der Waals surface area (Å²) in [5, 5.41) is 19.7. The highest BCUT2D eigenvalue weighted by molar-refractivity contribution is 8.76. The molecule has 2 aliphatic rings. The number of pyridine rings is 1. The van der Waals surface area contributed by atoms with E-state index in [9.17, 15) is 24.3 Å². The second kappa shape index (κ2) is 16.6. The lowest BCUT2D eigenvalue weighted by Crippen LogP contribution is -2.37. The van der Waals surface area contributed by atoms with Crippen molar-refractivity contribution in [1.82, 2.24) is 9.88 Å². The van der Waals surface area contributed by atoms with E-state index < -0.39 is 24.1 Å². The third-order valence-electron chi connectivity index (χ3n) is 7.64. The number of amides is 1. The topological polar surface area (TPSA) is 171 Å². The molecule has 2 N–H and O–H groups in total. The third kappa shape index (κ3) is 9.03. The van der Waals surface area contributed by atoms with Gasteiger partial charge >= 0.3 is 11.9 Å². The van der Waals surface area contributed by atoms with Crippen LogP contribution in [0.15, 0.2) is 24.3 Å². The molecule has 13 nitrogen and oxygen atoms in total. The Balaban J connectivity index is 1.11. The zero-order valence-corrected chi connectivity index (χ0v) is 28.9. The Labute approximate surface area is 288 Å². The van der Waals surface area contributed by atoms with Crippen LogP contribution in [0.5, 0.6) is 23.1 Å². The van der Waals surface area contributed by atoms with Crippen LogP contribution >= 0.6 is 32.9 Å². The molecule has 16 heteroatoms. The van der Waals surface area contributed by atoms with Gasteiger partial charge in [-0.15, -0.1) is 11.3 Å². The fourth-order valence-corrected chi connectivity index (χ4v) is 8.47. The van der Waals surface area contributed by atoms with Gasteiger partial charge in [-0.25, -0.2) is 4.98 Å². The number of carboxylic acids is 1. The zero-order chi connectivity index (χ0) is 34.2. The molecule has 1 aromatic carbocycles. The van der Waals surface area contributed by atoms with Gasteiger partial charge in [-0.3, -0.25) is 19.2 Å². The molecular formula is C32H36N2O11S3. The molecule has 1 fully saturated rings. The van der Waals surface area contributed by atoms with Crippen LogP contribution in [0.25, 0.3) is 10.1 Å². The van der Waals surface area contributed by atoms with Gasteiger partial charge < -0.3 is 38.8 Å². The fraction of sp³-hybridized carbons (Fsp3) is 0.469. The number of aliphatic carboxylic acids is 1. The molecule has 0 saturated carbocycles. The molecule has 2 aliphatic heterocycles. The highest BCUT2D eigenvalue weighted by Gasteiger charge is 2.29. The standard InChI is InChI=1S/C32H36N2O11S3/c1-41-23-13-27-18(12-28(48-27)21(35)4-7-31(40)45-26-17-47-46-16-22(26)36)10-24(23)43-8-3-9-44-32-25(42-2)11-19-14-34(15-20(19)33-32)29(37)5-6-30(38)39/h10-13,22,26,36H,3-9,14-17H2,1-2H3,(H,38,39)/t22-,26-/m0/s1. The molecule has 1 amide bonds. The Bertz CT molecular complexity index is 1660. The molecular weight excluding hydrogens is 685 g/mol. The van der Waals surface area contributed by atoms with Gasteiger partial charge in [-0.05, 0) is 29.1 Å². The molecule has 0 aliphatic carbocycles. The first-order chi connectivity index (χ1) is 23.1. The summed E-state index contributed by atoms with van der Waals surface area (Å²) in [6, 6.07) is 7.18. The Hall–Kier alpha value is -3.73. The van der Waals surface area contributed by atoms with Crippen molar-refractivity contribution < 1.29 is 53.1 Å². The molecule has 0 unspecified atom stereocenters. The number of hydrogen-bond acceptors (Lipinski definition) is 14. The second-order valence-corrected chi connectivity index (χ2v) is 14.7. The van der Waals surface area contributed by atoms with Crippen molar-refractivity contribution in [2.45, 2.75) is 57.4 Å². The van der Waals surface area contributed by atoms with Crippen molar-refractivity contribution in [1.29, 1.82) is 0 Å². The van der Waals surface area contributed by atoms with Crippen LogP contribution in [0.3, 0.4) is 0 Å². The first-order valence-corrected chi connectivity index (χ1v) is 18.5. The van der Waals surface area contributed by atoms with Crippen LogP contribution in [0.4, 0.5) is 0 Å². The summed E-state index contributed by atoms with van der Waals surface area (Å²) in [7, 11) is 6.13. The summed E-state index contributed by atoms with van der Waals surface area (Å²) < 4.78 is 29.1. The van der Waals surface area contributed by atoms with E-state index in [4.69, 9.17) is 28.8 Å². The number of aliphatic hydroxyl groups is 1. The Morgan fingerprint density at radius 2 is 1.67 bits per heavy atom. The Kier molecular flexibility index (Phi) is 12.3. The summed E-state index contributed by atoms with van der Waals surface area (Å²) >= 11 is 1.31. The van der Waals surface area contributed by atoms with Gasteiger partial charge in [0.1, 0.15) is 12.2 Å². The average Bonchev–Trinajstić information content (AvgIpc) is 3.69. The molecule has 5 rings (SSSR count). The van der Waals surface area contributed by atoms with Crippen LogP contribution in [0.2, 0.25) is 0 Å². The van der Waals surface area contributed by atoms with Gasteiger partial charge in [-0.2, -0.15) is 0 Å². The predicted molar refractivity (Wildman–Crippen MR) is 180 cm³/mol. The molecule has 1 saturated heterocycles. The van der Waals surface area contributed by atoms with E-state index >= 15 is 0 Å². The molecule has 4 heterocycles. The summed E-state index contributed by atoms with van der Waals surface area (Å²) in [6.07, 6.45) is -1.11. The van der Waals surface area contributed by atoms with E-state index in [1.165, 1.54) is 36.4 Å². The third-order valence-corrected chi connectivity index (χ3v) is 11.2. The fourth-order valence-electron chi connectivity index (χ4n) is 5.06. The van der Waals surface area contributed by atoms with Crippen molar-refractivity contribution in [2.75, 3.05) is 38.9 Å². The van der Waals surface area contributed by atoms with Crippen molar-refractivity contribution in [2.24, 2.45) is 0 Å². The van der Waals surface area contributed by atoms with E-state index in [1.54, 1.807) is 27.8 Å². The number of Topliss-reactive ketones (excluding diaryl/α,β-unsaturated/α-hetero) is 1. The lowest BCUT2D eigenvalue weighted by atomic mass is 10.1. The number of aliphatic hydroxyl groups excluding tert-OH is 1. The van der Waals surface area contributed by atoms with Crippen LogP contribution in [-0.4, -0.2) is 94.9 Å². The number of aromatic nitrogens is 1. The van der Waals surface area contributed by atoms with Gasteiger partial charge in [0.05, 0.1) is 57.4 Å². The van der Waals surface area contributed by atoms with Crippen LogP contribution < -0.4 is 18.9 Å². The monoisotopic (exact) mass is 720 g/mol. The van der Waals surface area contributed by atoms with E-state index in [0.29, 0.717) is 64.8 Å². The lowest BCUT2D eigenvalue weighted by molar-refractivity contribution is -0.152. The minimum Gasteiger partial charge on any atom is -0.493 e. The van der Waals surface area contributed by atoms with Crippen molar-refractivity contribution in [3.63, 3.8) is 0 Å². The molecule has 0 radical (unpaired) electrons. The summed E-state index contributed by atoms with van der Waals surface area (Å²) in [4.78, 5) is 55.0. The van der Waals surface area contributed by atoms with E-state index in [2.05, 4.69) is 4.98 Å². The molecule has 0 bridgehead atoms. The number of carbonyl (C=O) groups is 4. The van der Waals surface area contributed by atoms with Gasteiger partial charge in [0.25, 0.3) is 5.88 Å². The van der Waals surface area contributed by atoms with E-state index in [0.717, 1.165) is 15.6 Å². The van der Waals surface area contributed by atoms with Crippen LogP contribution in [0, 0.1) is 0 Å². The summed E-state index contributed by atoms with van der Waals surface area (Å²) in [5.74, 6) is 0.827. The highest BCUT2D eigenvalue weighted by Crippen LogP contribution is 2.38. The molecule has 3 aromatic rings. The van der Waals surface area contributed by atoms with E-state index in [-0.39, 0.29) is 50.5 Å². The number of carbonyl (C=O) groups excluding carboxylic acids is 3. The number of ketones is 1. The molecule has 2 aromatic heterocycles. The Morgan fingerprint density at radius 3 is 2.42 bits per heavy atom. The SMILES string of the molecule is COc1cc2sc(C(=O)CCC(=O)O[C@H]3CSSC[C@@H]3O)cc2cc1OCCCOc1nc2c(cc1OC)CN(C(=O)CCC(=O)O)C2. The maximum atomic E-state index is 12.9. The summed E-state index contributed by atoms with van der Waals surface area (Å²) in [6.45, 7) is 1.17. The largest absolute Gasteiger partial charge is 0.493 e. The van der Waals surface area contributed by atoms with Crippen LogP contribution in [-0.2, 0) is 32.2 Å². The molecule has 0 spiro atoms. The lowest BCUT2D eigenvalue weighted by Gasteiger charge is -2.26. The van der Waals surface area contributed by atoms with Crippen LogP contribution in [0.1, 0.15) is 53.0 Å². The smallest absolute Gasteiger partial charge is 0.306 e. The number of esters is 1. The van der Waals surface area contributed by atoms with E-state index in [1.807, 2.05) is 12.1 Å². The zero-order valence-electron chi connectivity index (χ0n) is 26.4. The van der Waals surface area contributed by atoms with Crippen molar-refractivity contribution in [3.8, 4) is 23.1 Å². The van der Waals surface area contributed by atoms with Gasteiger partial charge in [0.2, 0.25) is 5.91 Å². The van der Waals surface area contributed by atoms with Gasteiger partial charge in [0, 0.05) is 48.1 Å². The number of ether oxygens (including phenoxy) is 5. The van der Waals surface area contributed by atoms with Crippen molar-refractivity contribution >= 4 is 66.6 Å². The van der Waals surface area contributed by atoms with Crippen molar-refractivity contribution in [3.05, 3.63) is 40.4 Å². The van der Waals surface area contributed by atoms with Gasteiger partial charge in [0.15, 0.2) is 23.0 Å². The predicted octanol–water partition coefficient (Wildman–Crippen LogP) is 4.50. The second-order valence-electron chi connectivity index (χ2n) is 11.0. The number of thiophene rings is 1. The quantitative estimate of drug-likeness (QED) is 0.0917. The number of methoxy groups -OCH3 is 2. The minimum absolute atomic E-state index is 0.00386. The first-order valence-electron chi connectivity index (χ1n) is 15.2. The van der Waals surface area contributed by atoms with Gasteiger partial charge in [-0.1, -0.05) is 21.6 Å². The number of nitrogens with zero attached hydrogens (tertiary/aromatic N) is 2. The summed E-state index contributed by atoms with van der Waals surface area (Å²) in [5.41, 5.74) is 1.50. The average molecular weight is 721 g/mol. The maximum absolute atomic E-state index is 12.9. The minimum atomic E-state index is -1.02. The molecule has 2 atom stereocenters. The number of carboxylic acid groups (broad SMARTS) is 1. The number of rotatable bonds is 16. The molecule has 258 valence electrons. The number of hydrogen-bond donors (Lipinski definition) is 2. The number of benzene rings is 1. The highest BCUT2D eigenvalue weighted by atomic mass is 33.1. The molecule has 48 heavy (non-hydrogen) atoms. The maximum Gasteiger partial charge on any atom is 0.306 e. The first kappa shape index (κ1) is 35.6. The number of fused-ring (bicyclic) bond motifs is 2. The Morgan fingerprint density at radius 1 is 0.896 bits per heavy atom. The normalized spacial score (nSPS) is 17.1.